The van der Waals surface area contributed by atoms with Crippen molar-refractivity contribution in [2.45, 2.75) is 90.8 Å². The second kappa shape index (κ2) is 17.2. The van der Waals surface area contributed by atoms with Gasteiger partial charge in [-0.05, 0) is 69.5 Å². The molecule has 46 heavy (non-hydrogen) atoms. The Kier molecular flexibility index (Phi) is 13.5. The minimum Gasteiger partial charge on any atom is -0.507 e. The van der Waals surface area contributed by atoms with Crippen molar-refractivity contribution in [3.8, 4) is 11.5 Å². The summed E-state index contributed by atoms with van der Waals surface area (Å²) in [6, 6.07) is 19.2. The molecule has 0 radical (unpaired) electrons. The van der Waals surface area contributed by atoms with E-state index in [0.717, 1.165) is 31.2 Å². The molecule has 0 aromatic heterocycles. The fourth-order valence-corrected chi connectivity index (χ4v) is 5.19. The second-order valence-corrected chi connectivity index (χ2v) is 12.5. The van der Waals surface area contributed by atoms with E-state index in [0.29, 0.717) is 29.0 Å². The summed E-state index contributed by atoms with van der Waals surface area (Å²) in [5.74, 6) is -0.391. The molecule has 0 bridgehead atoms. The molecule has 0 aliphatic heterocycles. The number of benzene rings is 3. The van der Waals surface area contributed by atoms with E-state index in [9.17, 15) is 19.5 Å². The first-order valence-electron chi connectivity index (χ1n) is 16.0. The molecule has 0 fully saturated rings. The number of ether oxygens (including phenoxy) is 2. The Morgan fingerprint density at radius 2 is 1.57 bits per heavy atom. The van der Waals surface area contributed by atoms with Gasteiger partial charge in [0.25, 0.3) is 5.91 Å². The molecule has 9 heteroatoms. The Morgan fingerprint density at radius 3 is 2.20 bits per heavy atom. The Labute approximate surface area is 273 Å². The highest BCUT2D eigenvalue weighted by molar-refractivity contribution is 5.99. The fraction of sp³-hybridized carbons (Fsp3) is 0.432. The molecule has 0 saturated carbocycles. The number of nitrogens with zero attached hydrogens (tertiary/aromatic N) is 1. The van der Waals surface area contributed by atoms with Gasteiger partial charge in [-0.25, -0.2) is 4.79 Å². The average Bonchev–Trinajstić information content (AvgIpc) is 3.01. The predicted molar refractivity (Wildman–Crippen MR) is 181 cm³/mol. The lowest BCUT2D eigenvalue weighted by molar-refractivity contribution is -0.141. The lowest BCUT2D eigenvalue weighted by Crippen LogP contribution is -2.53. The normalized spacial score (nSPS) is 12.5. The van der Waals surface area contributed by atoms with E-state index in [2.05, 4.69) is 17.6 Å². The Balaban J connectivity index is 2.09. The SMILES string of the molecule is CCCCCCCN(C(=O)C(Cc1ccccc1)NC(=O)OC(C)(C)C)C(C(=O)Nc1ccc(OC)cc1)c1cccc(C)c1O. The maximum absolute atomic E-state index is 14.7. The quantitative estimate of drug-likeness (QED) is 0.151. The molecule has 2 atom stereocenters. The van der Waals surface area contributed by atoms with Crippen LogP contribution in [0.3, 0.4) is 0 Å². The summed E-state index contributed by atoms with van der Waals surface area (Å²) in [4.78, 5) is 43.5. The number of para-hydroxylation sites is 1. The van der Waals surface area contributed by atoms with E-state index in [1.54, 1.807) is 77.3 Å². The van der Waals surface area contributed by atoms with Crippen molar-refractivity contribution in [3.63, 3.8) is 0 Å². The molecule has 3 rings (SSSR count). The van der Waals surface area contributed by atoms with Gasteiger partial charge >= 0.3 is 6.09 Å². The summed E-state index contributed by atoms with van der Waals surface area (Å²) in [6.45, 7) is 9.37. The lowest BCUT2D eigenvalue weighted by Gasteiger charge is -2.35. The summed E-state index contributed by atoms with van der Waals surface area (Å²) >= 11 is 0. The van der Waals surface area contributed by atoms with Crippen LogP contribution in [0.4, 0.5) is 10.5 Å². The Bertz CT molecular complexity index is 1420. The predicted octanol–water partition coefficient (Wildman–Crippen LogP) is 7.32. The number of alkyl carbamates (subject to hydrolysis) is 1. The number of aromatic hydroxyl groups is 1. The van der Waals surface area contributed by atoms with Gasteiger partial charge in [0.15, 0.2) is 0 Å². The third-order valence-corrected chi connectivity index (χ3v) is 7.54. The largest absolute Gasteiger partial charge is 0.507 e. The Hall–Kier alpha value is -4.53. The van der Waals surface area contributed by atoms with Crippen LogP contribution in [0.5, 0.6) is 11.5 Å². The fourth-order valence-electron chi connectivity index (χ4n) is 5.19. The van der Waals surface area contributed by atoms with Gasteiger partial charge in [-0.3, -0.25) is 9.59 Å². The van der Waals surface area contributed by atoms with E-state index >= 15 is 0 Å². The topological polar surface area (TPSA) is 117 Å². The second-order valence-electron chi connectivity index (χ2n) is 12.5. The number of methoxy groups -OCH3 is 1. The molecule has 248 valence electrons. The van der Waals surface area contributed by atoms with Crippen molar-refractivity contribution in [1.29, 1.82) is 0 Å². The third kappa shape index (κ3) is 10.8. The van der Waals surface area contributed by atoms with Gasteiger partial charge in [-0.2, -0.15) is 0 Å². The van der Waals surface area contributed by atoms with Gasteiger partial charge in [-0.1, -0.05) is 81.1 Å². The molecular weight excluding hydrogens is 582 g/mol. The van der Waals surface area contributed by atoms with Crippen molar-refractivity contribution in [2.75, 3.05) is 19.0 Å². The molecule has 9 nitrogen and oxygen atoms in total. The van der Waals surface area contributed by atoms with Gasteiger partial charge in [0.2, 0.25) is 5.91 Å². The van der Waals surface area contributed by atoms with Gasteiger partial charge in [0, 0.05) is 24.2 Å². The molecule has 2 unspecified atom stereocenters. The first-order valence-corrected chi connectivity index (χ1v) is 16.0. The zero-order chi connectivity index (χ0) is 33.7. The number of amides is 3. The number of unbranched alkanes of at least 4 members (excludes halogenated alkanes) is 4. The van der Waals surface area contributed by atoms with Gasteiger partial charge in [0.05, 0.1) is 7.11 Å². The van der Waals surface area contributed by atoms with Crippen LogP contribution in [0.15, 0.2) is 72.8 Å². The number of carbonyl (C=O) groups excluding carboxylic acids is 3. The van der Waals surface area contributed by atoms with Gasteiger partial charge in [0.1, 0.15) is 29.2 Å². The number of hydrogen-bond acceptors (Lipinski definition) is 6. The number of nitrogens with one attached hydrogen (secondary N) is 2. The highest BCUT2D eigenvalue weighted by Crippen LogP contribution is 2.34. The van der Waals surface area contributed by atoms with Crippen LogP contribution in [0, 0.1) is 6.92 Å². The van der Waals surface area contributed by atoms with Crippen molar-refractivity contribution in [3.05, 3.63) is 89.5 Å². The number of hydrogen-bond donors (Lipinski definition) is 3. The number of phenols is 1. The molecule has 0 heterocycles. The molecular formula is C37H49N3O6. The minimum absolute atomic E-state index is 0.0686. The summed E-state index contributed by atoms with van der Waals surface area (Å²) in [7, 11) is 1.56. The van der Waals surface area contributed by atoms with Crippen molar-refractivity contribution < 1.29 is 29.0 Å². The number of rotatable bonds is 15. The monoisotopic (exact) mass is 631 g/mol. The first kappa shape index (κ1) is 35.9. The molecule has 3 N–H and O–H groups in total. The van der Waals surface area contributed by atoms with E-state index in [4.69, 9.17) is 9.47 Å². The van der Waals surface area contributed by atoms with Crippen LogP contribution in [-0.2, 0) is 20.7 Å². The first-order chi connectivity index (χ1) is 21.9. The molecule has 0 spiro atoms. The molecule has 3 aromatic rings. The van der Waals surface area contributed by atoms with Crippen LogP contribution in [0.1, 0.15) is 82.5 Å². The summed E-state index contributed by atoms with van der Waals surface area (Å²) < 4.78 is 10.8. The zero-order valence-electron chi connectivity index (χ0n) is 28.0. The summed E-state index contributed by atoms with van der Waals surface area (Å²) in [6.07, 6.45) is 4.04. The molecule has 3 aromatic carbocycles. The highest BCUT2D eigenvalue weighted by atomic mass is 16.6. The third-order valence-electron chi connectivity index (χ3n) is 7.54. The maximum Gasteiger partial charge on any atom is 0.408 e. The number of anilines is 1. The van der Waals surface area contributed by atoms with Crippen molar-refractivity contribution in [1.82, 2.24) is 10.2 Å². The zero-order valence-corrected chi connectivity index (χ0v) is 28.0. The maximum atomic E-state index is 14.7. The summed E-state index contributed by atoms with van der Waals surface area (Å²) in [5, 5.41) is 17.0. The molecule has 0 aliphatic rings. The molecule has 0 aliphatic carbocycles. The van der Waals surface area contributed by atoms with E-state index in [1.165, 1.54) is 4.90 Å². The Morgan fingerprint density at radius 1 is 0.891 bits per heavy atom. The van der Waals surface area contributed by atoms with Crippen molar-refractivity contribution >= 4 is 23.6 Å². The standard InChI is InChI=1S/C37H49N3O6/c1-7-8-9-10-14-24-40(35(43)31(25-27-17-12-11-13-18-27)39-36(44)46-37(3,4)5)32(30-19-15-16-26(2)33(30)41)34(42)38-28-20-22-29(45-6)23-21-28/h11-13,15-23,31-32,41H,7-10,14,24-25H2,1-6H3,(H,38,42)(H,39,44). The smallest absolute Gasteiger partial charge is 0.408 e. The number of phenolic OH excluding ortho intramolecular Hbond substituents is 1. The van der Waals surface area contributed by atoms with E-state index in [1.807, 2.05) is 30.3 Å². The van der Waals surface area contributed by atoms with E-state index in [-0.39, 0.29) is 18.7 Å². The van der Waals surface area contributed by atoms with Crippen LogP contribution in [0.25, 0.3) is 0 Å². The number of carbonyl (C=O) groups is 3. The highest BCUT2D eigenvalue weighted by Gasteiger charge is 2.37. The molecule has 3 amide bonds. The van der Waals surface area contributed by atoms with Gasteiger partial charge in [-0.15, -0.1) is 0 Å². The molecule has 0 saturated heterocycles. The van der Waals surface area contributed by atoms with Crippen LogP contribution in [0.2, 0.25) is 0 Å². The lowest BCUT2D eigenvalue weighted by atomic mass is 9.97. The van der Waals surface area contributed by atoms with Crippen LogP contribution in [-0.4, -0.2) is 53.2 Å². The van der Waals surface area contributed by atoms with Crippen LogP contribution < -0.4 is 15.4 Å². The van der Waals surface area contributed by atoms with Crippen molar-refractivity contribution in [2.24, 2.45) is 0 Å². The average molecular weight is 632 g/mol. The number of aryl methyl sites for hydroxylation is 1. The minimum atomic E-state index is -1.20. The van der Waals surface area contributed by atoms with Gasteiger partial charge < -0.3 is 30.1 Å². The van der Waals surface area contributed by atoms with Crippen LogP contribution >= 0.6 is 0 Å². The van der Waals surface area contributed by atoms with E-state index < -0.39 is 35.6 Å². The summed E-state index contributed by atoms with van der Waals surface area (Å²) in [5.41, 5.74) is 1.42.